The van der Waals surface area contributed by atoms with E-state index in [1.165, 1.54) is 12.1 Å². The highest BCUT2D eigenvalue weighted by atomic mass is 16.3. The molecule has 2 aromatic heterocycles. The van der Waals surface area contributed by atoms with Gasteiger partial charge in [-0.15, -0.1) is 0 Å². The monoisotopic (exact) mass is 259 g/mol. The standard InChI is InChI=1S/C13H13N3O3/c17-12-6-5-11(14-15-12)13(18)16(9-3-4-9)8-10-2-1-7-19-10/h1-2,5-7,9H,3-4,8H2,(H,15,17). The number of hydrogen-bond acceptors (Lipinski definition) is 4. The summed E-state index contributed by atoms with van der Waals surface area (Å²) in [5.41, 5.74) is -0.0707. The minimum Gasteiger partial charge on any atom is -0.467 e. The first-order chi connectivity index (χ1) is 9.24. The normalized spacial score (nSPS) is 14.3. The fourth-order valence-electron chi connectivity index (χ4n) is 1.93. The van der Waals surface area contributed by atoms with Crippen molar-refractivity contribution in [2.45, 2.75) is 25.4 Å². The van der Waals surface area contributed by atoms with Gasteiger partial charge >= 0.3 is 0 Å². The number of nitrogens with zero attached hydrogens (tertiary/aromatic N) is 2. The molecule has 0 aromatic carbocycles. The molecule has 3 rings (SSSR count). The average Bonchev–Trinajstić information content (AvgIpc) is 3.13. The van der Waals surface area contributed by atoms with Crippen LogP contribution in [0.15, 0.2) is 39.7 Å². The van der Waals surface area contributed by atoms with Crippen molar-refractivity contribution in [3.05, 3.63) is 52.3 Å². The van der Waals surface area contributed by atoms with Crippen LogP contribution in [-0.4, -0.2) is 27.0 Å². The smallest absolute Gasteiger partial charge is 0.274 e. The number of nitrogens with one attached hydrogen (secondary N) is 1. The van der Waals surface area contributed by atoms with Gasteiger partial charge in [0.25, 0.3) is 11.5 Å². The molecule has 6 heteroatoms. The first-order valence-electron chi connectivity index (χ1n) is 6.13. The molecule has 0 unspecified atom stereocenters. The quantitative estimate of drug-likeness (QED) is 0.893. The summed E-state index contributed by atoms with van der Waals surface area (Å²) in [7, 11) is 0. The summed E-state index contributed by atoms with van der Waals surface area (Å²) in [6, 6.07) is 6.62. The first kappa shape index (κ1) is 11.7. The zero-order valence-electron chi connectivity index (χ0n) is 10.2. The van der Waals surface area contributed by atoms with Crippen LogP contribution >= 0.6 is 0 Å². The lowest BCUT2D eigenvalue weighted by Crippen LogP contribution is -2.33. The molecule has 6 nitrogen and oxygen atoms in total. The Morgan fingerprint density at radius 3 is 2.84 bits per heavy atom. The summed E-state index contributed by atoms with van der Waals surface area (Å²) in [4.78, 5) is 25.1. The van der Waals surface area contributed by atoms with Gasteiger partial charge < -0.3 is 9.32 Å². The molecular weight excluding hydrogens is 246 g/mol. The lowest BCUT2D eigenvalue weighted by atomic mass is 10.3. The molecule has 0 radical (unpaired) electrons. The Labute approximate surface area is 109 Å². The van der Waals surface area contributed by atoms with E-state index in [4.69, 9.17) is 4.42 Å². The lowest BCUT2D eigenvalue weighted by molar-refractivity contribution is 0.0710. The van der Waals surface area contributed by atoms with Crippen molar-refractivity contribution in [3.8, 4) is 0 Å². The molecule has 1 N–H and O–H groups in total. The Hall–Kier alpha value is -2.37. The van der Waals surface area contributed by atoms with Crippen LogP contribution in [0.3, 0.4) is 0 Å². The number of furan rings is 1. The molecule has 0 bridgehead atoms. The van der Waals surface area contributed by atoms with Gasteiger partial charge in [-0.1, -0.05) is 0 Å². The largest absolute Gasteiger partial charge is 0.467 e. The van der Waals surface area contributed by atoms with E-state index in [-0.39, 0.29) is 23.2 Å². The second-order valence-electron chi connectivity index (χ2n) is 4.55. The molecule has 1 amide bonds. The first-order valence-corrected chi connectivity index (χ1v) is 6.13. The Kier molecular flexibility index (Phi) is 2.91. The van der Waals surface area contributed by atoms with Crippen LogP contribution in [0.4, 0.5) is 0 Å². The van der Waals surface area contributed by atoms with Crippen molar-refractivity contribution in [1.29, 1.82) is 0 Å². The summed E-state index contributed by atoms with van der Waals surface area (Å²) in [6.07, 6.45) is 3.58. The number of H-pyrrole nitrogens is 1. The predicted molar refractivity (Wildman–Crippen MR) is 66.5 cm³/mol. The summed E-state index contributed by atoms with van der Waals surface area (Å²) < 4.78 is 5.27. The van der Waals surface area contributed by atoms with E-state index in [0.717, 1.165) is 18.6 Å². The Morgan fingerprint density at radius 2 is 2.26 bits per heavy atom. The fraction of sp³-hybridized carbons (Fsp3) is 0.308. The van der Waals surface area contributed by atoms with Gasteiger partial charge in [-0.25, -0.2) is 5.10 Å². The van der Waals surface area contributed by atoms with Gasteiger partial charge in [0.1, 0.15) is 11.5 Å². The molecule has 2 heterocycles. The highest BCUT2D eigenvalue weighted by Gasteiger charge is 2.34. The molecule has 1 fully saturated rings. The number of amides is 1. The van der Waals surface area contributed by atoms with Gasteiger partial charge in [-0.3, -0.25) is 9.59 Å². The molecule has 0 aliphatic heterocycles. The second-order valence-corrected chi connectivity index (χ2v) is 4.55. The van der Waals surface area contributed by atoms with Crippen LogP contribution < -0.4 is 5.56 Å². The number of rotatable bonds is 4. The van der Waals surface area contributed by atoms with Gasteiger partial charge in [0.2, 0.25) is 0 Å². The Morgan fingerprint density at radius 1 is 1.42 bits per heavy atom. The SMILES string of the molecule is O=C(c1ccc(=O)[nH]n1)N(Cc1ccco1)C1CC1. The van der Waals surface area contributed by atoms with Crippen LogP contribution in [-0.2, 0) is 6.54 Å². The highest BCUT2D eigenvalue weighted by molar-refractivity contribution is 5.92. The van der Waals surface area contributed by atoms with E-state index in [1.807, 2.05) is 6.07 Å². The maximum absolute atomic E-state index is 12.4. The van der Waals surface area contributed by atoms with E-state index < -0.39 is 0 Å². The Bertz CT molecular complexity index is 608. The van der Waals surface area contributed by atoms with Crippen LogP contribution in [0, 0.1) is 0 Å². The highest BCUT2D eigenvalue weighted by Crippen LogP contribution is 2.29. The number of hydrogen-bond donors (Lipinski definition) is 1. The average molecular weight is 259 g/mol. The third-order valence-electron chi connectivity index (χ3n) is 3.05. The topological polar surface area (TPSA) is 79.2 Å². The minimum atomic E-state index is -0.319. The number of carbonyl (C=O) groups is 1. The molecule has 19 heavy (non-hydrogen) atoms. The maximum Gasteiger partial charge on any atom is 0.274 e. The van der Waals surface area contributed by atoms with Gasteiger partial charge in [0, 0.05) is 12.1 Å². The number of aromatic nitrogens is 2. The minimum absolute atomic E-state index is 0.185. The van der Waals surface area contributed by atoms with E-state index in [2.05, 4.69) is 10.2 Å². The molecule has 0 spiro atoms. The summed E-state index contributed by atoms with van der Waals surface area (Å²) in [5.74, 6) is 0.555. The van der Waals surface area contributed by atoms with Crippen LogP contribution in [0.1, 0.15) is 29.1 Å². The molecule has 0 atom stereocenters. The molecule has 1 saturated carbocycles. The summed E-state index contributed by atoms with van der Waals surface area (Å²) in [5, 5.41) is 6.06. The molecule has 2 aromatic rings. The number of carbonyl (C=O) groups excluding carboxylic acids is 1. The molecule has 1 aliphatic rings. The molecule has 98 valence electrons. The molecular formula is C13H13N3O3. The fourth-order valence-corrected chi connectivity index (χ4v) is 1.93. The van der Waals surface area contributed by atoms with E-state index in [0.29, 0.717) is 6.54 Å². The van der Waals surface area contributed by atoms with Crippen molar-refractivity contribution < 1.29 is 9.21 Å². The van der Waals surface area contributed by atoms with Crippen LogP contribution in [0.2, 0.25) is 0 Å². The second kappa shape index (κ2) is 4.72. The summed E-state index contributed by atoms with van der Waals surface area (Å²) >= 11 is 0. The van der Waals surface area contributed by atoms with Crippen molar-refractivity contribution in [3.63, 3.8) is 0 Å². The van der Waals surface area contributed by atoms with E-state index in [9.17, 15) is 9.59 Å². The van der Waals surface area contributed by atoms with Crippen molar-refractivity contribution in [1.82, 2.24) is 15.1 Å². The van der Waals surface area contributed by atoms with Crippen molar-refractivity contribution in [2.24, 2.45) is 0 Å². The third-order valence-corrected chi connectivity index (χ3v) is 3.05. The van der Waals surface area contributed by atoms with Gasteiger partial charge in [0.05, 0.1) is 12.8 Å². The zero-order valence-corrected chi connectivity index (χ0v) is 10.2. The zero-order chi connectivity index (χ0) is 13.2. The van der Waals surface area contributed by atoms with Crippen LogP contribution in [0.5, 0.6) is 0 Å². The Balaban J connectivity index is 1.81. The number of aromatic amines is 1. The van der Waals surface area contributed by atoms with Gasteiger partial charge in [0.15, 0.2) is 0 Å². The van der Waals surface area contributed by atoms with E-state index in [1.54, 1.807) is 17.2 Å². The molecule has 0 saturated heterocycles. The summed E-state index contributed by atoms with van der Waals surface area (Å²) in [6.45, 7) is 0.428. The van der Waals surface area contributed by atoms with Crippen molar-refractivity contribution >= 4 is 5.91 Å². The van der Waals surface area contributed by atoms with Crippen molar-refractivity contribution in [2.75, 3.05) is 0 Å². The van der Waals surface area contributed by atoms with Gasteiger partial charge in [-0.2, -0.15) is 5.10 Å². The predicted octanol–water partition coefficient (Wildman–Crippen LogP) is 1.17. The lowest BCUT2D eigenvalue weighted by Gasteiger charge is -2.20. The van der Waals surface area contributed by atoms with Crippen LogP contribution in [0.25, 0.3) is 0 Å². The third kappa shape index (κ3) is 2.57. The van der Waals surface area contributed by atoms with Gasteiger partial charge in [-0.05, 0) is 31.0 Å². The maximum atomic E-state index is 12.4. The molecule has 1 aliphatic carbocycles. The van der Waals surface area contributed by atoms with E-state index >= 15 is 0 Å².